The number of thiophene rings is 1. The summed E-state index contributed by atoms with van der Waals surface area (Å²) in [5, 5.41) is 3.31. The van der Waals surface area contributed by atoms with E-state index in [2.05, 4.69) is 5.32 Å². The number of nitrogens with zero attached hydrogens (tertiary/aromatic N) is 1. The van der Waals surface area contributed by atoms with E-state index in [-0.39, 0.29) is 17.6 Å². The van der Waals surface area contributed by atoms with Crippen LogP contribution in [0.3, 0.4) is 0 Å². The zero-order valence-corrected chi connectivity index (χ0v) is 12.9. The van der Waals surface area contributed by atoms with E-state index in [1.807, 2.05) is 32.7 Å². The minimum absolute atomic E-state index is 0.0246. The molecule has 1 heterocycles. The molecule has 19 heavy (non-hydrogen) atoms. The van der Waals surface area contributed by atoms with Crippen LogP contribution in [0.25, 0.3) is 0 Å². The van der Waals surface area contributed by atoms with Gasteiger partial charge in [-0.3, -0.25) is 9.59 Å². The Morgan fingerprint density at radius 2 is 2.00 bits per heavy atom. The first-order chi connectivity index (χ1) is 8.84. The van der Waals surface area contributed by atoms with Crippen LogP contribution >= 0.6 is 11.3 Å². The second kappa shape index (κ2) is 6.06. The number of rotatable bonds is 5. The second-order valence-corrected chi connectivity index (χ2v) is 5.64. The molecule has 1 aromatic rings. The lowest BCUT2D eigenvalue weighted by Crippen LogP contribution is -2.23. The largest absolute Gasteiger partial charge is 0.397 e. The quantitative estimate of drug-likeness (QED) is 0.810. The molecule has 0 aliphatic rings. The third-order valence-corrected chi connectivity index (χ3v) is 4.28. The van der Waals surface area contributed by atoms with Crippen molar-refractivity contribution in [3.05, 3.63) is 10.4 Å². The fourth-order valence-corrected chi connectivity index (χ4v) is 2.96. The molecule has 0 atom stereocenters. The number of ketones is 1. The number of nitrogens with one attached hydrogen (secondary N) is 1. The number of nitrogen functional groups attached to an aromatic ring is 1. The topological polar surface area (TPSA) is 75.4 Å². The van der Waals surface area contributed by atoms with Gasteiger partial charge in [-0.05, 0) is 6.92 Å². The molecular formula is C13H21N3O2S. The molecule has 0 radical (unpaired) electrons. The SMILES string of the molecule is CCN(C)c1sc(C(=O)C(C)C)c(N)c1C(=O)NC. The molecule has 0 saturated heterocycles. The van der Waals surface area contributed by atoms with E-state index in [1.54, 1.807) is 7.05 Å². The zero-order chi connectivity index (χ0) is 14.7. The van der Waals surface area contributed by atoms with Crippen molar-refractivity contribution in [2.75, 3.05) is 31.3 Å². The van der Waals surface area contributed by atoms with Gasteiger partial charge in [-0.15, -0.1) is 11.3 Å². The van der Waals surface area contributed by atoms with Crippen LogP contribution in [0.1, 0.15) is 40.8 Å². The summed E-state index contributed by atoms with van der Waals surface area (Å²) in [6.45, 7) is 6.36. The van der Waals surface area contributed by atoms with Crippen LogP contribution in [0.5, 0.6) is 0 Å². The highest BCUT2D eigenvalue weighted by molar-refractivity contribution is 7.19. The molecule has 1 rings (SSSR count). The van der Waals surface area contributed by atoms with E-state index >= 15 is 0 Å². The molecule has 0 bridgehead atoms. The first-order valence-electron chi connectivity index (χ1n) is 6.24. The number of carbonyl (C=O) groups excluding carboxylic acids is 2. The average molecular weight is 283 g/mol. The van der Waals surface area contributed by atoms with Crippen molar-refractivity contribution in [3.63, 3.8) is 0 Å². The van der Waals surface area contributed by atoms with Crippen LogP contribution in [0, 0.1) is 5.92 Å². The Morgan fingerprint density at radius 3 is 2.42 bits per heavy atom. The molecular weight excluding hydrogens is 262 g/mol. The van der Waals surface area contributed by atoms with Crippen LogP contribution in [0.4, 0.5) is 10.7 Å². The summed E-state index contributed by atoms with van der Waals surface area (Å²) in [4.78, 5) is 26.5. The predicted molar refractivity (Wildman–Crippen MR) is 80.2 cm³/mol. The Labute approximate surface area is 117 Å². The summed E-state index contributed by atoms with van der Waals surface area (Å²) in [5.41, 5.74) is 6.71. The lowest BCUT2D eigenvalue weighted by molar-refractivity contribution is 0.0944. The fourth-order valence-electron chi connectivity index (χ4n) is 1.63. The van der Waals surface area contributed by atoms with Gasteiger partial charge in [0.25, 0.3) is 5.91 Å². The Balaban J connectivity index is 3.43. The summed E-state index contributed by atoms with van der Waals surface area (Å²) in [6.07, 6.45) is 0. The summed E-state index contributed by atoms with van der Waals surface area (Å²) in [6, 6.07) is 0. The van der Waals surface area contributed by atoms with Gasteiger partial charge in [0.05, 0.1) is 16.1 Å². The van der Waals surface area contributed by atoms with Gasteiger partial charge in [0.1, 0.15) is 5.00 Å². The molecule has 5 nitrogen and oxygen atoms in total. The van der Waals surface area contributed by atoms with Crippen molar-refractivity contribution < 1.29 is 9.59 Å². The van der Waals surface area contributed by atoms with Gasteiger partial charge in [0.15, 0.2) is 5.78 Å². The third-order valence-electron chi connectivity index (χ3n) is 2.95. The molecule has 1 amide bonds. The molecule has 106 valence electrons. The van der Waals surface area contributed by atoms with Crippen molar-refractivity contribution in [2.24, 2.45) is 5.92 Å². The van der Waals surface area contributed by atoms with Crippen LogP contribution < -0.4 is 16.0 Å². The smallest absolute Gasteiger partial charge is 0.256 e. The van der Waals surface area contributed by atoms with Crippen molar-refractivity contribution in [1.82, 2.24) is 5.32 Å². The third kappa shape index (κ3) is 2.89. The number of anilines is 2. The molecule has 0 spiro atoms. The summed E-state index contributed by atoms with van der Waals surface area (Å²) >= 11 is 1.29. The molecule has 0 unspecified atom stereocenters. The van der Waals surface area contributed by atoms with Gasteiger partial charge in [0, 0.05) is 26.6 Å². The van der Waals surface area contributed by atoms with Crippen molar-refractivity contribution in [1.29, 1.82) is 0 Å². The van der Waals surface area contributed by atoms with Crippen LogP contribution in [0.15, 0.2) is 0 Å². The van der Waals surface area contributed by atoms with Gasteiger partial charge in [0.2, 0.25) is 0 Å². The van der Waals surface area contributed by atoms with E-state index < -0.39 is 0 Å². The number of hydrogen-bond acceptors (Lipinski definition) is 5. The molecule has 1 aromatic heterocycles. The highest BCUT2D eigenvalue weighted by Crippen LogP contribution is 2.38. The first kappa shape index (κ1) is 15.5. The lowest BCUT2D eigenvalue weighted by Gasteiger charge is -2.16. The standard InChI is InChI=1S/C13H21N3O2S/c1-6-16(5)13-8(12(18)15-4)9(14)11(19-13)10(17)7(2)3/h7H,6,14H2,1-5H3,(H,15,18). The normalized spacial score (nSPS) is 10.6. The van der Waals surface area contributed by atoms with Gasteiger partial charge < -0.3 is 16.0 Å². The Morgan fingerprint density at radius 1 is 1.42 bits per heavy atom. The first-order valence-corrected chi connectivity index (χ1v) is 7.06. The van der Waals surface area contributed by atoms with Crippen molar-refractivity contribution in [3.8, 4) is 0 Å². The fraction of sp³-hybridized carbons (Fsp3) is 0.538. The average Bonchev–Trinajstić information content (AvgIpc) is 2.73. The van der Waals surface area contributed by atoms with E-state index in [0.29, 0.717) is 16.1 Å². The van der Waals surface area contributed by atoms with E-state index in [0.717, 1.165) is 11.5 Å². The number of hydrogen-bond donors (Lipinski definition) is 2. The van der Waals surface area contributed by atoms with Crippen LogP contribution in [-0.4, -0.2) is 32.3 Å². The van der Waals surface area contributed by atoms with Crippen LogP contribution in [0.2, 0.25) is 0 Å². The highest BCUT2D eigenvalue weighted by Gasteiger charge is 2.27. The van der Waals surface area contributed by atoms with E-state index in [9.17, 15) is 9.59 Å². The maximum absolute atomic E-state index is 12.1. The Kier molecular flexibility index (Phi) is 4.94. The molecule has 0 aliphatic carbocycles. The van der Waals surface area contributed by atoms with Gasteiger partial charge in [-0.25, -0.2) is 0 Å². The second-order valence-electron chi connectivity index (χ2n) is 4.64. The monoisotopic (exact) mass is 283 g/mol. The zero-order valence-electron chi connectivity index (χ0n) is 12.0. The number of Topliss-reactive ketones (excluding diaryl/α,β-unsaturated/α-hetero) is 1. The minimum atomic E-state index is -0.258. The summed E-state index contributed by atoms with van der Waals surface area (Å²) in [7, 11) is 3.43. The van der Waals surface area contributed by atoms with Gasteiger partial charge in [-0.2, -0.15) is 0 Å². The minimum Gasteiger partial charge on any atom is -0.397 e. The molecule has 0 aliphatic heterocycles. The molecule has 6 heteroatoms. The maximum atomic E-state index is 12.1. The highest BCUT2D eigenvalue weighted by atomic mass is 32.1. The molecule has 0 fully saturated rings. The Bertz CT molecular complexity index is 494. The molecule has 0 aromatic carbocycles. The number of nitrogens with two attached hydrogens (primary N) is 1. The lowest BCUT2D eigenvalue weighted by atomic mass is 10.1. The Hall–Kier alpha value is -1.56. The molecule has 0 saturated carbocycles. The maximum Gasteiger partial charge on any atom is 0.256 e. The molecule has 3 N–H and O–H groups in total. The number of carbonyl (C=O) groups is 2. The number of amides is 1. The van der Waals surface area contributed by atoms with Crippen molar-refractivity contribution >= 4 is 33.7 Å². The predicted octanol–water partition coefficient (Wildman–Crippen LogP) is 1.98. The summed E-state index contributed by atoms with van der Waals surface area (Å²) < 4.78 is 0. The van der Waals surface area contributed by atoms with Gasteiger partial charge in [-0.1, -0.05) is 13.8 Å². The van der Waals surface area contributed by atoms with Crippen LogP contribution in [-0.2, 0) is 0 Å². The summed E-state index contributed by atoms with van der Waals surface area (Å²) in [5.74, 6) is -0.423. The van der Waals surface area contributed by atoms with E-state index in [4.69, 9.17) is 5.73 Å². The van der Waals surface area contributed by atoms with Crippen molar-refractivity contribution in [2.45, 2.75) is 20.8 Å². The van der Waals surface area contributed by atoms with E-state index in [1.165, 1.54) is 11.3 Å². The van der Waals surface area contributed by atoms with Gasteiger partial charge >= 0.3 is 0 Å².